The van der Waals surface area contributed by atoms with Gasteiger partial charge in [-0.2, -0.15) is 0 Å². The number of hydrogen-bond donors (Lipinski definition) is 0. The first-order valence-electron chi connectivity index (χ1n) is 6.66. The molecular formula is C17H14O3S. The number of para-hydroxylation sites is 1. The van der Waals surface area contributed by atoms with Gasteiger partial charge in [-0.1, -0.05) is 30.3 Å². The summed E-state index contributed by atoms with van der Waals surface area (Å²) in [6, 6.07) is 18.7. The van der Waals surface area contributed by atoms with Gasteiger partial charge in [0.25, 0.3) is 5.95 Å². The second kappa shape index (κ2) is 6.50. The molecule has 0 fully saturated rings. The van der Waals surface area contributed by atoms with E-state index in [1.165, 1.54) is 11.0 Å². The minimum atomic E-state index is -0.0810. The quantitative estimate of drug-likeness (QED) is 0.528. The van der Waals surface area contributed by atoms with Crippen LogP contribution in [0.2, 0.25) is 0 Å². The molecule has 0 amide bonds. The molecule has 3 nitrogen and oxygen atoms in total. The van der Waals surface area contributed by atoms with Gasteiger partial charge in [-0.3, -0.25) is 4.79 Å². The highest BCUT2D eigenvalue weighted by Crippen LogP contribution is 2.19. The predicted molar refractivity (Wildman–Crippen MR) is 85.1 cm³/mol. The van der Waals surface area contributed by atoms with Crippen LogP contribution < -0.4 is 10.2 Å². The minimum Gasteiger partial charge on any atom is -0.464 e. The zero-order chi connectivity index (χ0) is 14.5. The molecule has 1 aromatic heterocycles. The molecular weight excluding hydrogens is 284 g/mol. The Bertz CT molecular complexity index is 781. The van der Waals surface area contributed by atoms with Crippen molar-refractivity contribution in [2.24, 2.45) is 0 Å². The maximum absolute atomic E-state index is 11.9. The third-order valence-electron chi connectivity index (χ3n) is 2.95. The predicted octanol–water partition coefficient (Wildman–Crippen LogP) is 3.96. The van der Waals surface area contributed by atoms with E-state index in [-0.39, 0.29) is 11.4 Å². The van der Waals surface area contributed by atoms with Crippen LogP contribution in [0.4, 0.5) is 0 Å². The van der Waals surface area contributed by atoms with Crippen LogP contribution in [0.25, 0.3) is 11.0 Å². The summed E-state index contributed by atoms with van der Waals surface area (Å²) in [6.45, 7) is 0.487. The van der Waals surface area contributed by atoms with Crippen LogP contribution in [0.5, 0.6) is 5.95 Å². The average molecular weight is 298 g/mol. The van der Waals surface area contributed by atoms with Gasteiger partial charge in [-0.15, -0.1) is 11.8 Å². The van der Waals surface area contributed by atoms with Crippen LogP contribution in [-0.2, 0) is 0 Å². The lowest BCUT2D eigenvalue weighted by molar-refractivity contribution is 0.263. The van der Waals surface area contributed by atoms with Crippen molar-refractivity contribution in [1.29, 1.82) is 0 Å². The Morgan fingerprint density at radius 1 is 1.00 bits per heavy atom. The molecule has 3 rings (SSSR count). The second-order valence-electron chi connectivity index (χ2n) is 4.44. The summed E-state index contributed by atoms with van der Waals surface area (Å²) in [6.07, 6.45) is 0. The SMILES string of the molecule is O=c1cc(OCCSc2ccccc2)oc2ccccc12. The van der Waals surface area contributed by atoms with Gasteiger partial charge in [-0.05, 0) is 24.3 Å². The van der Waals surface area contributed by atoms with Crippen molar-refractivity contribution < 1.29 is 9.15 Å². The van der Waals surface area contributed by atoms with Crippen molar-refractivity contribution >= 4 is 22.7 Å². The Kier molecular flexibility index (Phi) is 4.26. The van der Waals surface area contributed by atoms with Crippen molar-refractivity contribution in [2.45, 2.75) is 4.90 Å². The molecule has 4 heteroatoms. The van der Waals surface area contributed by atoms with E-state index in [4.69, 9.17) is 9.15 Å². The molecule has 0 N–H and O–H groups in total. The van der Waals surface area contributed by atoms with Crippen molar-refractivity contribution in [1.82, 2.24) is 0 Å². The molecule has 3 aromatic rings. The second-order valence-corrected chi connectivity index (χ2v) is 5.60. The third-order valence-corrected chi connectivity index (χ3v) is 3.93. The minimum absolute atomic E-state index is 0.0810. The van der Waals surface area contributed by atoms with Gasteiger partial charge in [0.2, 0.25) is 0 Å². The maximum Gasteiger partial charge on any atom is 0.288 e. The van der Waals surface area contributed by atoms with Crippen molar-refractivity contribution in [3.8, 4) is 5.95 Å². The van der Waals surface area contributed by atoms with Gasteiger partial charge in [0.05, 0.1) is 11.5 Å². The molecule has 0 bridgehead atoms. The molecule has 0 radical (unpaired) electrons. The van der Waals surface area contributed by atoms with E-state index in [1.807, 2.05) is 30.3 Å². The number of rotatable bonds is 5. The van der Waals surface area contributed by atoms with E-state index in [2.05, 4.69) is 12.1 Å². The van der Waals surface area contributed by atoms with Crippen LogP contribution in [0.3, 0.4) is 0 Å². The standard InChI is InChI=1S/C17H14O3S/c18-15-12-17(20-16-9-5-4-8-14(15)16)19-10-11-21-13-6-2-1-3-7-13/h1-9,12H,10-11H2. The molecule has 0 unspecified atom stereocenters. The van der Waals surface area contributed by atoms with Crippen molar-refractivity contribution in [2.75, 3.05) is 12.4 Å². The molecule has 1 heterocycles. The largest absolute Gasteiger partial charge is 0.464 e. The molecule has 0 aliphatic rings. The Balaban J connectivity index is 1.62. The summed E-state index contributed by atoms with van der Waals surface area (Å²) >= 11 is 1.70. The van der Waals surface area contributed by atoms with E-state index in [1.54, 1.807) is 23.9 Å². The Hall–Kier alpha value is -2.20. The van der Waals surface area contributed by atoms with E-state index in [9.17, 15) is 4.79 Å². The fraction of sp³-hybridized carbons (Fsp3) is 0.118. The lowest BCUT2D eigenvalue weighted by atomic mass is 10.2. The lowest BCUT2D eigenvalue weighted by Gasteiger charge is -2.05. The summed E-state index contributed by atoms with van der Waals surface area (Å²) in [7, 11) is 0. The Morgan fingerprint density at radius 2 is 1.76 bits per heavy atom. The summed E-state index contributed by atoms with van der Waals surface area (Å²) in [4.78, 5) is 13.1. The fourth-order valence-corrected chi connectivity index (χ4v) is 2.72. The number of fused-ring (bicyclic) bond motifs is 1. The average Bonchev–Trinajstić information content (AvgIpc) is 2.53. The maximum atomic E-state index is 11.9. The number of ether oxygens (including phenoxy) is 1. The van der Waals surface area contributed by atoms with Gasteiger partial charge in [0.15, 0.2) is 5.43 Å². The first-order chi connectivity index (χ1) is 10.3. The Morgan fingerprint density at radius 3 is 2.62 bits per heavy atom. The zero-order valence-electron chi connectivity index (χ0n) is 11.3. The fourth-order valence-electron chi connectivity index (χ4n) is 1.97. The van der Waals surface area contributed by atoms with Gasteiger partial charge in [-0.25, -0.2) is 0 Å². The highest BCUT2D eigenvalue weighted by atomic mass is 32.2. The number of hydrogen-bond acceptors (Lipinski definition) is 4. The summed E-state index contributed by atoms with van der Waals surface area (Å²) in [5, 5.41) is 0.573. The molecule has 106 valence electrons. The summed E-state index contributed by atoms with van der Waals surface area (Å²) in [5.74, 6) is 1.06. The highest BCUT2D eigenvalue weighted by molar-refractivity contribution is 7.99. The summed E-state index contributed by atoms with van der Waals surface area (Å²) < 4.78 is 11.1. The van der Waals surface area contributed by atoms with Crippen LogP contribution >= 0.6 is 11.8 Å². The van der Waals surface area contributed by atoms with Gasteiger partial charge in [0, 0.05) is 10.6 Å². The first kappa shape index (κ1) is 13.8. The normalized spacial score (nSPS) is 10.7. The van der Waals surface area contributed by atoms with Gasteiger partial charge in [0.1, 0.15) is 12.2 Å². The molecule has 21 heavy (non-hydrogen) atoms. The highest BCUT2D eigenvalue weighted by Gasteiger charge is 2.04. The molecule has 0 spiro atoms. The number of thioether (sulfide) groups is 1. The van der Waals surface area contributed by atoms with E-state index >= 15 is 0 Å². The molecule has 0 saturated heterocycles. The van der Waals surface area contributed by atoms with E-state index in [0.29, 0.717) is 17.6 Å². The summed E-state index contributed by atoms with van der Waals surface area (Å²) in [5.41, 5.74) is 0.471. The smallest absolute Gasteiger partial charge is 0.288 e. The first-order valence-corrected chi connectivity index (χ1v) is 7.65. The Labute approximate surface area is 126 Å². The van der Waals surface area contributed by atoms with E-state index in [0.717, 1.165) is 5.75 Å². The monoisotopic (exact) mass is 298 g/mol. The van der Waals surface area contributed by atoms with Gasteiger partial charge < -0.3 is 9.15 Å². The van der Waals surface area contributed by atoms with Crippen molar-refractivity contribution in [3.63, 3.8) is 0 Å². The van der Waals surface area contributed by atoms with Crippen LogP contribution in [-0.4, -0.2) is 12.4 Å². The molecule has 0 aliphatic heterocycles. The molecule has 0 aliphatic carbocycles. The van der Waals surface area contributed by atoms with Gasteiger partial charge >= 0.3 is 0 Å². The van der Waals surface area contributed by atoms with Crippen molar-refractivity contribution in [3.05, 3.63) is 70.9 Å². The lowest BCUT2D eigenvalue weighted by Crippen LogP contribution is -2.05. The van der Waals surface area contributed by atoms with Crippen LogP contribution in [0.1, 0.15) is 0 Å². The zero-order valence-corrected chi connectivity index (χ0v) is 12.1. The molecule has 2 aromatic carbocycles. The van der Waals surface area contributed by atoms with E-state index < -0.39 is 0 Å². The topological polar surface area (TPSA) is 39.4 Å². The molecule has 0 atom stereocenters. The number of benzene rings is 2. The third kappa shape index (κ3) is 3.47. The molecule has 0 saturated carbocycles. The van der Waals surface area contributed by atoms with Crippen LogP contribution in [0, 0.1) is 0 Å². The van der Waals surface area contributed by atoms with Crippen LogP contribution in [0.15, 0.2) is 74.8 Å².